The minimum Gasteiger partial charge on any atom is -0.495 e. The van der Waals surface area contributed by atoms with E-state index >= 15 is 0 Å². The van der Waals surface area contributed by atoms with Gasteiger partial charge in [0.25, 0.3) is 5.91 Å². The van der Waals surface area contributed by atoms with E-state index in [-0.39, 0.29) is 12.5 Å². The zero-order chi connectivity index (χ0) is 17.3. The number of ether oxygens (including phenoxy) is 1. The summed E-state index contributed by atoms with van der Waals surface area (Å²) in [7, 11) is 1.47. The quantitative estimate of drug-likeness (QED) is 0.814. The molecule has 0 atom stereocenters. The SMILES string of the molecule is COc1ccc(Cl)cc1NC(=O)CN1C(=O)NC2(CCCC2)C1=O. The second kappa shape index (κ2) is 6.32. The van der Waals surface area contributed by atoms with Crippen LogP contribution in [0, 0.1) is 0 Å². The van der Waals surface area contributed by atoms with Crippen molar-refractivity contribution in [1.29, 1.82) is 0 Å². The third kappa shape index (κ3) is 2.91. The summed E-state index contributed by atoms with van der Waals surface area (Å²) in [6.45, 7) is -0.345. The highest BCUT2D eigenvalue weighted by atomic mass is 35.5. The van der Waals surface area contributed by atoms with E-state index in [1.54, 1.807) is 18.2 Å². The van der Waals surface area contributed by atoms with Crippen LogP contribution in [0.2, 0.25) is 5.02 Å². The first kappa shape index (κ1) is 16.6. The predicted molar refractivity (Wildman–Crippen MR) is 88.1 cm³/mol. The van der Waals surface area contributed by atoms with Crippen LogP contribution in [0.4, 0.5) is 10.5 Å². The van der Waals surface area contributed by atoms with E-state index in [1.165, 1.54) is 7.11 Å². The van der Waals surface area contributed by atoms with Crippen LogP contribution in [0.1, 0.15) is 25.7 Å². The fourth-order valence-corrected chi connectivity index (χ4v) is 3.42. The molecule has 8 heteroatoms. The molecule has 1 aromatic carbocycles. The van der Waals surface area contributed by atoms with Crippen molar-refractivity contribution in [3.63, 3.8) is 0 Å². The van der Waals surface area contributed by atoms with Gasteiger partial charge in [-0.2, -0.15) is 0 Å². The van der Waals surface area contributed by atoms with Gasteiger partial charge < -0.3 is 15.4 Å². The number of halogens is 1. The molecule has 7 nitrogen and oxygen atoms in total. The summed E-state index contributed by atoms with van der Waals surface area (Å²) in [4.78, 5) is 37.8. The van der Waals surface area contributed by atoms with Gasteiger partial charge in [0.15, 0.2) is 0 Å². The minimum absolute atomic E-state index is 0.321. The number of carbonyl (C=O) groups excluding carboxylic acids is 3. The number of hydrogen-bond donors (Lipinski definition) is 2. The van der Waals surface area contributed by atoms with Crippen LogP contribution in [-0.4, -0.2) is 41.9 Å². The van der Waals surface area contributed by atoms with E-state index in [4.69, 9.17) is 16.3 Å². The molecule has 1 aliphatic carbocycles. The Morgan fingerprint density at radius 1 is 1.38 bits per heavy atom. The van der Waals surface area contributed by atoms with Gasteiger partial charge >= 0.3 is 6.03 Å². The molecule has 0 aromatic heterocycles. The number of imide groups is 1. The first-order chi connectivity index (χ1) is 11.4. The van der Waals surface area contributed by atoms with Crippen LogP contribution in [0.25, 0.3) is 0 Å². The fraction of sp³-hybridized carbons (Fsp3) is 0.438. The zero-order valence-electron chi connectivity index (χ0n) is 13.2. The second-order valence-electron chi connectivity index (χ2n) is 6.00. The molecule has 128 valence electrons. The summed E-state index contributed by atoms with van der Waals surface area (Å²) in [5.74, 6) is -0.371. The van der Waals surface area contributed by atoms with Gasteiger partial charge in [-0.25, -0.2) is 4.79 Å². The number of benzene rings is 1. The third-order valence-corrected chi connectivity index (χ3v) is 4.68. The molecule has 24 heavy (non-hydrogen) atoms. The zero-order valence-corrected chi connectivity index (χ0v) is 14.0. The Hall–Kier alpha value is -2.28. The van der Waals surface area contributed by atoms with Crippen LogP contribution in [0.5, 0.6) is 5.75 Å². The number of hydrogen-bond acceptors (Lipinski definition) is 4. The van der Waals surface area contributed by atoms with Crippen molar-refractivity contribution in [2.45, 2.75) is 31.2 Å². The molecule has 4 amide bonds. The van der Waals surface area contributed by atoms with Gasteiger partial charge in [-0.1, -0.05) is 24.4 Å². The Morgan fingerprint density at radius 2 is 2.08 bits per heavy atom. The summed E-state index contributed by atoms with van der Waals surface area (Å²) in [6, 6.07) is 4.29. The smallest absolute Gasteiger partial charge is 0.325 e. The van der Waals surface area contributed by atoms with E-state index in [2.05, 4.69) is 10.6 Å². The second-order valence-corrected chi connectivity index (χ2v) is 6.44. The molecule has 2 aliphatic rings. The van der Waals surface area contributed by atoms with Gasteiger partial charge in [0.05, 0.1) is 12.8 Å². The standard InChI is InChI=1S/C16H18ClN3O4/c1-24-12-5-4-10(17)8-11(12)18-13(21)9-20-14(22)16(19-15(20)23)6-2-3-7-16/h4-5,8H,2-3,6-7,9H2,1H3,(H,18,21)(H,19,23). The molecule has 0 bridgehead atoms. The maximum absolute atomic E-state index is 12.5. The number of nitrogens with zero attached hydrogens (tertiary/aromatic N) is 1. The van der Waals surface area contributed by atoms with Gasteiger partial charge in [-0.3, -0.25) is 14.5 Å². The largest absolute Gasteiger partial charge is 0.495 e. The molecule has 2 N–H and O–H groups in total. The lowest BCUT2D eigenvalue weighted by molar-refractivity contribution is -0.133. The van der Waals surface area contributed by atoms with Crippen LogP contribution in [-0.2, 0) is 9.59 Å². The number of rotatable bonds is 4. The molecular formula is C16H18ClN3O4. The molecule has 1 aromatic rings. The number of nitrogens with one attached hydrogen (secondary N) is 2. The lowest BCUT2D eigenvalue weighted by Crippen LogP contribution is -2.44. The summed E-state index contributed by atoms with van der Waals surface area (Å²) >= 11 is 5.92. The normalized spacial score (nSPS) is 18.8. The van der Waals surface area contributed by atoms with Gasteiger partial charge in [0, 0.05) is 5.02 Å². The maximum Gasteiger partial charge on any atom is 0.325 e. The van der Waals surface area contributed by atoms with Crippen molar-refractivity contribution in [1.82, 2.24) is 10.2 Å². The van der Waals surface area contributed by atoms with Crippen molar-refractivity contribution in [2.24, 2.45) is 0 Å². The number of urea groups is 1. The lowest BCUT2D eigenvalue weighted by atomic mass is 9.98. The van der Waals surface area contributed by atoms with E-state index in [0.717, 1.165) is 17.7 Å². The number of amides is 4. The molecule has 0 unspecified atom stereocenters. The van der Waals surface area contributed by atoms with Crippen LogP contribution in [0.3, 0.4) is 0 Å². The van der Waals surface area contributed by atoms with E-state index in [9.17, 15) is 14.4 Å². The summed E-state index contributed by atoms with van der Waals surface area (Å²) in [5.41, 5.74) is -0.428. The van der Waals surface area contributed by atoms with E-state index in [1.807, 2.05) is 0 Å². The Kier molecular flexibility index (Phi) is 4.36. The van der Waals surface area contributed by atoms with Gasteiger partial charge in [-0.15, -0.1) is 0 Å². The number of methoxy groups -OCH3 is 1. The van der Waals surface area contributed by atoms with Gasteiger partial charge in [-0.05, 0) is 31.0 Å². The highest BCUT2D eigenvalue weighted by Crippen LogP contribution is 2.35. The minimum atomic E-state index is -0.814. The topological polar surface area (TPSA) is 87.7 Å². The molecule has 1 saturated heterocycles. The molecular weight excluding hydrogens is 334 g/mol. The maximum atomic E-state index is 12.5. The molecule has 0 radical (unpaired) electrons. The monoisotopic (exact) mass is 351 g/mol. The van der Waals surface area contributed by atoms with Crippen LogP contribution >= 0.6 is 11.6 Å². The summed E-state index contributed by atoms with van der Waals surface area (Å²) < 4.78 is 5.16. The molecule has 3 rings (SSSR count). The van der Waals surface area contributed by atoms with Crippen LogP contribution in [0.15, 0.2) is 18.2 Å². The first-order valence-corrected chi connectivity index (χ1v) is 8.10. The first-order valence-electron chi connectivity index (χ1n) is 7.73. The van der Waals surface area contributed by atoms with Crippen molar-refractivity contribution < 1.29 is 19.1 Å². The summed E-state index contributed by atoms with van der Waals surface area (Å²) in [5, 5.41) is 5.80. The molecule has 1 spiro atoms. The average molecular weight is 352 g/mol. The Labute approximate surface area is 144 Å². The van der Waals surface area contributed by atoms with Crippen LogP contribution < -0.4 is 15.4 Å². The Bertz CT molecular complexity index is 701. The van der Waals surface area contributed by atoms with E-state index in [0.29, 0.717) is 29.3 Å². The highest BCUT2D eigenvalue weighted by Gasteiger charge is 2.52. The van der Waals surface area contributed by atoms with Crippen molar-refractivity contribution >= 4 is 35.1 Å². The Balaban J connectivity index is 1.70. The summed E-state index contributed by atoms with van der Waals surface area (Å²) in [6.07, 6.45) is 3.03. The molecule has 1 aliphatic heterocycles. The highest BCUT2D eigenvalue weighted by molar-refractivity contribution is 6.31. The lowest BCUT2D eigenvalue weighted by Gasteiger charge is -2.20. The molecule has 1 heterocycles. The molecule has 1 saturated carbocycles. The Morgan fingerprint density at radius 3 is 2.75 bits per heavy atom. The number of anilines is 1. The van der Waals surface area contributed by atoms with Gasteiger partial charge in [0.1, 0.15) is 17.8 Å². The third-order valence-electron chi connectivity index (χ3n) is 4.44. The molecule has 2 fully saturated rings. The number of carbonyl (C=O) groups is 3. The van der Waals surface area contributed by atoms with Crippen molar-refractivity contribution in [2.75, 3.05) is 19.0 Å². The average Bonchev–Trinajstić information content (AvgIpc) is 3.09. The predicted octanol–water partition coefficient (Wildman–Crippen LogP) is 2.15. The fourth-order valence-electron chi connectivity index (χ4n) is 3.25. The van der Waals surface area contributed by atoms with Gasteiger partial charge in [0.2, 0.25) is 5.91 Å². The van der Waals surface area contributed by atoms with E-state index < -0.39 is 17.5 Å². The van der Waals surface area contributed by atoms with Crippen molar-refractivity contribution in [3.8, 4) is 5.75 Å². The van der Waals surface area contributed by atoms with Crippen molar-refractivity contribution in [3.05, 3.63) is 23.2 Å².